The summed E-state index contributed by atoms with van der Waals surface area (Å²) in [5.74, 6) is -0.329. The second-order valence-electron chi connectivity index (χ2n) is 5.46. The Bertz CT molecular complexity index is 411. The van der Waals surface area contributed by atoms with Gasteiger partial charge in [0.1, 0.15) is 0 Å². The van der Waals surface area contributed by atoms with Crippen molar-refractivity contribution in [1.82, 2.24) is 0 Å². The topological polar surface area (TPSA) is 44.5 Å². The Morgan fingerprint density at radius 2 is 1.67 bits per heavy atom. The number of hydrogen-bond donors (Lipinski definition) is 1. The third-order valence-electron chi connectivity index (χ3n) is 3.53. The predicted octanol–water partition coefficient (Wildman–Crippen LogP) is 2.41. The van der Waals surface area contributed by atoms with Gasteiger partial charge in [0.15, 0.2) is 0 Å². The SMILES string of the molecule is Cc1cc(C)c(C2(CN)OCC(C)CO2)c(C)c1. The molecule has 0 aliphatic carbocycles. The van der Waals surface area contributed by atoms with Gasteiger partial charge in [-0.3, -0.25) is 0 Å². The third kappa shape index (κ3) is 2.30. The molecule has 0 unspecified atom stereocenters. The average Bonchev–Trinajstić information content (AvgIpc) is 2.30. The zero-order valence-electron chi connectivity index (χ0n) is 11.7. The zero-order chi connectivity index (χ0) is 13.3. The summed E-state index contributed by atoms with van der Waals surface area (Å²) < 4.78 is 11.9. The van der Waals surface area contributed by atoms with Gasteiger partial charge >= 0.3 is 0 Å². The second-order valence-corrected chi connectivity index (χ2v) is 5.46. The van der Waals surface area contributed by atoms with Crippen LogP contribution in [0.25, 0.3) is 0 Å². The Morgan fingerprint density at radius 1 is 1.17 bits per heavy atom. The molecule has 1 aromatic carbocycles. The molecule has 1 aliphatic rings. The maximum atomic E-state index is 5.97. The van der Waals surface area contributed by atoms with Crippen molar-refractivity contribution in [3.8, 4) is 0 Å². The second kappa shape index (κ2) is 5.00. The van der Waals surface area contributed by atoms with Gasteiger partial charge in [0, 0.05) is 11.5 Å². The molecule has 1 saturated heterocycles. The van der Waals surface area contributed by atoms with Gasteiger partial charge < -0.3 is 15.2 Å². The quantitative estimate of drug-likeness (QED) is 0.875. The molecule has 100 valence electrons. The minimum atomic E-state index is -0.756. The van der Waals surface area contributed by atoms with Gasteiger partial charge in [-0.2, -0.15) is 0 Å². The Balaban J connectivity index is 2.45. The van der Waals surface area contributed by atoms with E-state index in [2.05, 4.69) is 39.8 Å². The van der Waals surface area contributed by atoms with Crippen LogP contribution in [-0.4, -0.2) is 19.8 Å². The van der Waals surface area contributed by atoms with Crippen molar-refractivity contribution < 1.29 is 9.47 Å². The highest BCUT2D eigenvalue weighted by Gasteiger charge is 2.39. The van der Waals surface area contributed by atoms with Gasteiger partial charge in [-0.25, -0.2) is 0 Å². The minimum Gasteiger partial charge on any atom is -0.344 e. The number of hydrogen-bond acceptors (Lipinski definition) is 3. The van der Waals surface area contributed by atoms with E-state index in [9.17, 15) is 0 Å². The van der Waals surface area contributed by atoms with Crippen LogP contribution in [0.15, 0.2) is 12.1 Å². The molecule has 18 heavy (non-hydrogen) atoms. The molecule has 0 spiro atoms. The Kier molecular flexibility index (Phi) is 3.76. The number of rotatable bonds is 2. The summed E-state index contributed by atoms with van der Waals surface area (Å²) in [6.45, 7) is 10.2. The van der Waals surface area contributed by atoms with E-state index in [4.69, 9.17) is 15.2 Å². The van der Waals surface area contributed by atoms with Gasteiger partial charge in [-0.05, 0) is 31.9 Å². The first-order valence-electron chi connectivity index (χ1n) is 6.55. The summed E-state index contributed by atoms with van der Waals surface area (Å²) in [6, 6.07) is 4.31. The van der Waals surface area contributed by atoms with E-state index < -0.39 is 5.79 Å². The van der Waals surface area contributed by atoms with Crippen LogP contribution in [0.2, 0.25) is 0 Å². The molecule has 1 heterocycles. The molecule has 0 saturated carbocycles. The molecule has 1 aliphatic heterocycles. The molecule has 3 heteroatoms. The van der Waals surface area contributed by atoms with Crippen LogP contribution in [0.1, 0.15) is 29.2 Å². The number of nitrogens with two attached hydrogens (primary N) is 1. The number of ether oxygens (including phenoxy) is 2. The Labute approximate surface area is 109 Å². The Hall–Kier alpha value is -0.900. The lowest BCUT2D eigenvalue weighted by atomic mass is 9.92. The lowest BCUT2D eigenvalue weighted by Crippen LogP contribution is -2.47. The normalized spacial score (nSPS) is 28.4. The fraction of sp³-hybridized carbons (Fsp3) is 0.600. The fourth-order valence-corrected chi connectivity index (χ4v) is 2.79. The van der Waals surface area contributed by atoms with Crippen LogP contribution in [0, 0.1) is 26.7 Å². The molecule has 3 nitrogen and oxygen atoms in total. The highest BCUT2D eigenvalue weighted by Crippen LogP contribution is 2.35. The van der Waals surface area contributed by atoms with Crippen molar-refractivity contribution in [3.05, 3.63) is 34.4 Å². The molecule has 0 amide bonds. The van der Waals surface area contributed by atoms with Gasteiger partial charge in [-0.1, -0.05) is 24.6 Å². The van der Waals surface area contributed by atoms with Crippen LogP contribution in [0.5, 0.6) is 0 Å². The van der Waals surface area contributed by atoms with Crippen molar-refractivity contribution in [3.63, 3.8) is 0 Å². The van der Waals surface area contributed by atoms with E-state index in [1.807, 2.05) is 0 Å². The predicted molar refractivity (Wildman–Crippen MR) is 72.5 cm³/mol. The lowest BCUT2D eigenvalue weighted by Gasteiger charge is -2.40. The van der Waals surface area contributed by atoms with E-state index in [0.29, 0.717) is 25.7 Å². The summed E-state index contributed by atoms with van der Waals surface area (Å²) in [6.07, 6.45) is 0. The third-order valence-corrected chi connectivity index (χ3v) is 3.53. The van der Waals surface area contributed by atoms with Crippen LogP contribution >= 0.6 is 0 Å². The summed E-state index contributed by atoms with van der Waals surface area (Å²) in [5.41, 5.74) is 10.7. The molecule has 0 bridgehead atoms. The highest BCUT2D eigenvalue weighted by atomic mass is 16.7. The summed E-state index contributed by atoms with van der Waals surface area (Å²) >= 11 is 0. The van der Waals surface area contributed by atoms with E-state index in [-0.39, 0.29) is 0 Å². The maximum Gasteiger partial charge on any atom is 0.208 e. The van der Waals surface area contributed by atoms with E-state index in [1.165, 1.54) is 16.7 Å². The lowest BCUT2D eigenvalue weighted by molar-refractivity contribution is -0.284. The molecular weight excluding hydrogens is 226 g/mol. The van der Waals surface area contributed by atoms with Crippen molar-refractivity contribution in [2.75, 3.05) is 19.8 Å². The van der Waals surface area contributed by atoms with Gasteiger partial charge in [0.25, 0.3) is 0 Å². The number of benzene rings is 1. The monoisotopic (exact) mass is 249 g/mol. The molecule has 0 radical (unpaired) electrons. The molecule has 0 atom stereocenters. The molecule has 2 rings (SSSR count). The summed E-state index contributed by atoms with van der Waals surface area (Å²) in [7, 11) is 0. The molecule has 2 N–H and O–H groups in total. The summed E-state index contributed by atoms with van der Waals surface area (Å²) in [4.78, 5) is 0. The van der Waals surface area contributed by atoms with Crippen LogP contribution < -0.4 is 5.73 Å². The van der Waals surface area contributed by atoms with Crippen molar-refractivity contribution in [2.24, 2.45) is 11.7 Å². The maximum absolute atomic E-state index is 5.97. The first-order chi connectivity index (χ1) is 8.48. The van der Waals surface area contributed by atoms with Crippen molar-refractivity contribution >= 4 is 0 Å². The first kappa shape index (κ1) is 13.5. The minimum absolute atomic E-state index is 0.352. The highest BCUT2D eigenvalue weighted by molar-refractivity contribution is 5.41. The summed E-state index contributed by atoms with van der Waals surface area (Å²) in [5, 5.41) is 0. The largest absolute Gasteiger partial charge is 0.344 e. The van der Waals surface area contributed by atoms with Gasteiger partial charge in [0.2, 0.25) is 5.79 Å². The fourth-order valence-electron chi connectivity index (χ4n) is 2.79. The van der Waals surface area contributed by atoms with Gasteiger partial charge in [0.05, 0.1) is 19.8 Å². The van der Waals surface area contributed by atoms with Crippen LogP contribution in [0.3, 0.4) is 0 Å². The van der Waals surface area contributed by atoms with E-state index in [1.54, 1.807) is 0 Å². The van der Waals surface area contributed by atoms with Crippen LogP contribution in [0.4, 0.5) is 0 Å². The van der Waals surface area contributed by atoms with Gasteiger partial charge in [-0.15, -0.1) is 0 Å². The molecule has 1 fully saturated rings. The van der Waals surface area contributed by atoms with E-state index in [0.717, 1.165) is 5.56 Å². The van der Waals surface area contributed by atoms with Crippen LogP contribution in [-0.2, 0) is 15.3 Å². The smallest absolute Gasteiger partial charge is 0.208 e. The molecule has 0 aromatic heterocycles. The number of aryl methyl sites for hydroxylation is 3. The van der Waals surface area contributed by atoms with Crippen molar-refractivity contribution in [1.29, 1.82) is 0 Å². The van der Waals surface area contributed by atoms with E-state index >= 15 is 0 Å². The standard InChI is InChI=1S/C15H23NO2/c1-10-5-12(3)14(13(4)6-10)15(9-16)17-7-11(2)8-18-15/h5-6,11H,7-9,16H2,1-4H3. The molecular formula is C15H23NO2. The first-order valence-corrected chi connectivity index (χ1v) is 6.55. The molecule has 1 aromatic rings. The van der Waals surface area contributed by atoms with Crippen molar-refractivity contribution in [2.45, 2.75) is 33.5 Å². The zero-order valence-corrected chi connectivity index (χ0v) is 11.7. The average molecular weight is 249 g/mol. The Morgan fingerprint density at radius 3 is 2.11 bits per heavy atom.